The molecule has 0 saturated heterocycles. The van der Waals surface area contributed by atoms with Crippen LogP contribution in [0.5, 0.6) is 11.5 Å². The van der Waals surface area contributed by atoms with Crippen molar-refractivity contribution in [1.29, 1.82) is 0 Å². The quantitative estimate of drug-likeness (QED) is 0.619. The SMILES string of the molecule is COc1ccccc1CN(C)C(=O)COC(=O)COc1ccc(C(C)C)cc1. The first-order valence-electron chi connectivity index (χ1n) is 9.15. The van der Waals surface area contributed by atoms with Gasteiger partial charge in [-0.05, 0) is 29.7 Å². The minimum absolute atomic E-state index is 0.246. The molecule has 6 heteroatoms. The Kier molecular flexibility index (Phi) is 7.87. The van der Waals surface area contributed by atoms with Crippen LogP contribution < -0.4 is 9.47 Å². The number of methoxy groups -OCH3 is 1. The van der Waals surface area contributed by atoms with Crippen LogP contribution in [0.25, 0.3) is 0 Å². The smallest absolute Gasteiger partial charge is 0.344 e. The van der Waals surface area contributed by atoms with Crippen LogP contribution in [-0.2, 0) is 20.9 Å². The van der Waals surface area contributed by atoms with E-state index in [1.165, 1.54) is 10.5 Å². The maximum Gasteiger partial charge on any atom is 0.344 e. The number of amides is 1. The Morgan fingerprint density at radius 2 is 1.68 bits per heavy atom. The molecule has 2 aromatic rings. The first kappa shape index (κ1) is 21.3. The molecule has 0 heterocycles. The molecule has 2 rings (SSSR count). The van der Waals surface area contributed by atoms with Gasteiger partial charge in [-0.15, -0.1) is 0 Å². The van der Waals surface area contributed by atoms with E-state index in [9.17, 15) is 9.59 Å². The monoisotopic (exact) mass is 385 g/mol. The number of carbonyl (C=O) groups is 2. The predicted octanol–water partition coefficient (Wildman–Crippen LogP) is 3.40. The lowest BCUT2D eigenvalue weighted by atomic mass is 10.0. The first-order valence-corrected chi connectivity index (χ1v) is 9.15. The lowest BCUT2D eigenvalue weighted by Gasteiger charge is -2.18. The van der Waals surface area contributed by atoms with Gasteiger partial charge in [0.1, 0.15) is 11.5 Å². The minimum atomic E-state index is -0.591. The molecule has 0 unspecified atom stereocenters. The second-order valence-electron chi connectivity index (χ2n) is 6.73. The van der Waals surface area contributed by atoms with Crippen molar-refractivity contribution >= 4 is 11.9 Å². The average Bonchev–Trinajstić information content (AvgIpc) is 2.71. The highest BCUT2D eigenvalue weighted by Crippen LogP contribution is 2.19. The van der Waals surface area contributed by atoms with Crippen molar-refractivity contribution in [3.8, 4) is 11.5 Å². The van der Waals surface area contributed by atoms with Crippen LogP contribution in [0.1, 0.15) is 30.9 Å². The third kappa shape index (κ3) is 6.30. The van der Waals surface area contributed by atoms with Gasteiger partial charge >= 0.3 is 5.97 Å². The van der Waals surface area contributed by atoms with Crippen LogP contribution in [0.2, 0.25) is 0 Å². The van der Waals surface area contributed by atoms with E-state index < -0.39 is 5.97 Å². The highest BCUT2D eigenvalue weighted by atomic mass is 16.6. The van der Waals surface area contributed by atoms with Crippen LogP contribution >= 0.6 is 0 Å². The second-order valence-corrected chi connectivity index (χ2v) is 6.73. The second kappa shape index (κ2) is 10.3. The van der Waals surface area contributed by atoms with Gasteiger partial charge in [-0.2, -0.15) is 0 Å². The Labute approximate surface area is 166 Å². The summed E-state index contributed by atoms with van der Waals surface area (Å²) in [5, 5.41) is 0. The summed E-state index contributed by atoms with van der Waals surface area (Å²) < 4.78 is 15.7. The van der Waals surface area contributed by atoms with E-state index in [0.717, 1.165) is 5.56 Å². The van der Waals surface area contributed by atoms with Crippen molar-refractivity contribution in [3.63, 3.8) is 0 Å². The van der Waals surface area contributed by atoms with Gasteiger partial charge in [0, 0.05) is 19.2 Å². The fourth-order valence-electron chi connectivity index (χ4n) is 2.56. The minimum Gasteiger partial charge on any atom is -0.496 e. The third-order valence-electron chi connectivity index (χ3n) is 4.29. The number of para-hydroxylation sites is 1. The summed E-state index contributed by atoms with van der Waals surface area (Å²) in [5.41, 5.74) is 2.07. The molecule has 0 bridgehead atoms. The molecule has 28 heavy (non-hydrogen) atoms. The molecule has 0 aliphatic carbocycles. The van der Waals surface area contributed by atoms with Gasteiger partial charge in [0.15, 0.2) is 13.2 Å². The summed E-state index contributed by atoms with van der Waals surface area (Å²) in [5.74, 6) is 0.822. The van der Waals surface area contributed by atoms with E-state index in [1.54, 1.807) is 14.2 Å². The average molecular weight is 385 g/mol. The van der Waals surface area contributed by atoms with Crippen molar-refractivity contribution in [2.45, 2.75) is 26.3 Å². The lowest BCUT2D eigenvalue weighted by Crippen LogP contribution is -2.31. The van der Waals surface area contributed by atoms with Gasteiger partial charge in [-0.1, -0.05) is 44.2 Å². The maximum absolute atomic E-state index is 12.2. The molecule has 0 N–H and O–H groups in total. The molecule has 150 valence electrons. The summed E-state index contributed by atoms with van der Waals surface area (Å²) in [6.07, 6.45) is 0. The Hall–Kier alpha value is -3.02. The molecular formula is C22H27NO5. The summed E-state index contributed by atoms with van der Waals surface area (Å²) in [6.45, 7) is 3.99. The fourth-order valence-corrected chi connectivity index (χ4v) is 2.56. The molecule has 2 aromatic carbocycles. The van der Waals surface area contributed by atoms with Crippen LogP contribution in [-0.4, -0.2) is 44.1 Å². The predicted molar refractivity (Wildman–Crippen MR) is 106 cm³/mol. The molecule has 0 saturated carbocycles. The van der Waals surface area contributed by atoms with Gasteiger partial charge in [0.2, 0.25) is 0 Å². The normalized spacial score (nSPS) is 10.5. The molecule has 0 aliphatic heterocycles. The standard InChI is InChI=1S/C22H27NO5/c1-16(2)17-9-11-19(12-10-17)27-15-22(25)28-14-21(24)23(3)13-18-7-5-6-8-20(18)26-4/h5-12,16H,13-15H2,1-4H3. The Bertz CT molecular complexity index is 786. The van der Waals surface area contributed by atoms with E-state index in [-0.39, 0.29) is 19.1 Å². The van der Waals surface area contributed by atoms with Crippen molar-refractivity contribution in [2.24, 2.45) is 0 Å². The van der Waals surface area contributed by atoms with E-state index in [1.807, 2.05) is 48.5 Å². The molecule has 0 spiro atoms. The number of hydrogen-bond donors (Lipinski definition) is 0. The van der Waals surface area contributed by atoms with Crippen molar-refractivity contribution in [3.05, 3.63) is 59.7 Å². The van der Waals surface area contributed by atoms with E-state index in [0.29, 0.717) is 24.0 Å². The summed E-state index contributed by atoms with van der Waals surface area (Å²) in [6, 6.07) is 15.0. The van der Waals surface area contributed by atoms with Crippen molar-refractivity contribution in [2.75, 3.05) is 27.4 Å². The highest BCUT2D eigenvalue weighted by molar-refractivity contribution is 5.80. The molecule has 0 fully saturated rings. The fraction of sp³-hybridized carbons (Fsp3) is 0.364. The Morgan fingerprint density at radius 1 is 1.00 bits per heavy atom. The molecular weight excluding hydrogens is 358 g/mol. The number of benzene rings is 2. The molecule has 0 atom stereocenters. The molecule has 0 aromatic heterocycles. The van der Waals surface area contributed by atoms with E-state index in [4.69, 9.17) is 14.2 Å². The van der Waals surface area contributed by atoms with E-state index >= 15 is 0 Å². The van der Waals surface area contributed by atoms with Gasteiger partial charge in [-0.3, -0.25) is 4.79 Å². The van der Waals surface area contributed by atoms with Crippen LogP contribution in [0.3, 0.4) is 0 Å². The zero-order chi connectivity index (χ0) is 20.5. The molecule has 1 amide bonds. The van der Waals surface area contributed by atoms with Crippen LogP contribution in [0.15, 0.2) is 48.5 Å². The largest absolute Gasteiger partial charge is 0.496 e. The van der Waals surface area contributed by atoms with Gasteiger partial charge in [-0.25, -0.2) is 4.79 Å². The van der Waals surface area contributed by atoms with Gasteiger partial charge < -0.3 is 19.1 Å². The Morgan fingerprint density at radius 3 is 2.32 bits per heavy atom. The zero-order valence-corrected chi connectivity index (χ0v) is 16.8. The number of nitrogens with zero attached hydrogens (tertiary/aromatic N) is 1. The molecule has 0 radical (unpaired) electrons. The number of carbonyl (C=O) groups excluding carboxylic acids is 2. The number of hydrogen-bond acceptors (Lipinski definition) is 5. The van der Waals surface area contributed by atoms with Crippen molar-refractivity contribution in [1.82, 2.24) is 4.90 Å². The van der Waals surface area contributed by atoms with Gasteiger partial charge in [0.25, 0.3) is 5.91 Å². The third-order valence-corrected chi connectivity index (χ3v) is 4.29. The Balaban J connectivity index is 1.76. The number of ether oxygens (including phenoxy) is 3. The van der Waals surface area contributed by atoms with Gasteiger partial charge in [0.05, 0.1) is 7.11 Å². The zero-order valence-electron chi connectivity index (χ0n) is 16.8. The van der Waals surface area contributed by atoms with Crippen LogP contribution in [0, 0.1) is 0 Å². The summed E-state index contributed by atoms with van der Waals surface area (Å²) >= 11 is 0. The summed E-state index contributed by atoms with van der Waals surface area (Å²) in [4.78, 5) is 25.5. The number of rotatable bonds is 9. The van der Waals surface area contributed by atoms with Crippen LogP contribution in [0.4, 0.5) is 0 Å². The number of esters is 1. The molecule has 6 nitrogen and oxygen atoms in total. The molecule has 0 aliphatic rings. The highest BCUT2D eigenvalue weighted by Gasteiger charge is 2.14. The van der Waals surface area contributed by atoms with E-state index in [2.05, 4.69) is 13.8 Å². The summed E-state index contributed by atoms with van der Waals surface area (Å²) in [7, 11) is 3.23. The van der Waals surface area contributed by atoms with Crippen molar-refractivity contribution < 1.29 is 23.8 Å². The number of likely N-dealkylation sites (N-methyl/N-ethyl adjacent to an activating group) is 1. The maximum atomic E-state index is 12.2. The lowest BCUT2D eigenvalue weighted by molar-refractivity contribution is -0.153. The first-order chi connectivity index (χ1) is 13.4. The topological polar surface area (TPSA) is 65.1 Å².